The van der Waals surface area contributed by atoms with Gasteiger partial charge >= 0.3 is 0 Å². The summed E-state index contributed by atoms with van der Waals surface area (Å²) in [5, 5.41) is 9.54. The third kappa shape index (κ3) is 6.73. The average Bonchev–Trinajstić information content (AvgIpc) is 2.33. The molecule has 0 aliphatic rings. The smallest absolute Gasteiger partial charge is 0.0950 e. The zero-order chi connectivity index (χ0) is 9.90. The van der Waals surface area contributed by atoms with Gasteiger partial charge in [-0.25, -0.2) is 4.98 Å². The van der Waals surface area contributed by atoms with E-state index < -0.39 is 5.60 Å². The number of nitrogens with two attached hydrogens (primary N) is 1. The minimum absolute atomic E-state index is 0. The van der Waals surface area contributed by atoms with Crippen LogP contribution in [0.3, 0.4) is 0 Å². The van der Waals surface area contributed by atoms with Gasteiger partial charge in [-0.2, -0.15) is 0 Å². The summed E-state index contributed by atoms with van der Waals surface area (Å²) < 4.78 is 1.88. The van der Waals surface area contributed by atoms with E-state index in [4.69, 9.17) is 5.73 Å². The fourth-order valence-corrected chi connectivity index (χ4v) is 1.22. The number of aliphatic hydroxyl groups is 1. The molecule has 1 rings (SSSR count). The molecule has 0 amide bonds. The molecule has 1 heterocycles. The lowest BCUT2D eigenvalue weighted by Crippen LogP contribution is -2.25. The molecule has 1 aromatic rings. The van der Waals surface area contributed by atoms with E-state index in [9.17, 15) is 5.11 Å². The normalized spacial score (nSPS) is 10.4. The Hall–Kier alpha value is -0.290. The quantitative estimate of drug-likeness (QED) is 0.844. The van der Waals surface area contributed by atoms with Crippen molar-refractivity contribution in [3.63, 3.8) is 0 Å². The summed E-state index contributed by atoms with van der Waals surface area (Å²) in [5.41, 5.74) is 5.68. The number of halogens is 2. The average molecular weight is 256 g/mol. The zero-order valence-corrected chi connectivity index (χ0v) is 10.6. The molecule has 0 radical (unpaired) electrons. The van der Waals surface area contributed by atoms with Crippen molar-refractivity contribution in [3.8, 4) is 0 Å². The number of imidazole rings is 1. The Morgan fingerprint density at radius 1 is 1.47 bits per heavy atom. The Labute approximate surface area is 103 Å². The minimum atomic E-state index is -0.694. The predicted octanol–water partition coefficient (Wildman–Crippen LogP) is 0.999. The molecule has 0 fully saturated rings. The summed E-state index contributed by atoms with van der Waals surface area (Å²) in [6.07, 6.45) is 4.44. The Kier molecular flexibility index (Phi) is 8.06. The molecule has 0 saturated carbocycles. The number of hydrogen-bond donors (Lipinski definition) is 2. The summed E-state index contributed by atoms with van der Waals surface area (Å²) in [6.45, 7) is 4.72. The highest BCUT2D eigenvalue weighted by atomic mass is 35.5. The maximum atomic E-state index is 9.54. The first-order valence-corrected chi connectivity index (χ1v) is 4.44. The second-order valence-corrected chi connectivity index (χ2v) is 3.89. The van der Waals surface area contributed by atoms with Gasteiger partial charge in [0.15, 0.2) is 0 Å². The van der Waals surface area contributed by atoms with Crippen LogP contribution in [0.15, 0.2) is 12.5 Å². The van der Waals surface area contributed by atoms with Crippen LogP contribution >= 0.6 is 24.8 Å². The summed E-state index contributed by atoms with van der Waals surface area (Å²) in [6, 6.07) is 0. The Bertz CT molecular complexity index is 271. The van der Waals surface area contributed by atoms with Crippen LogP contribution in [-0.2, 0) is 13.0 Å². The lowest BCUT2D eigenvalue weighted by Gasteiger charge is -2.16. The maximum Gasteiger partial charge on any atom is 0.0950 e. The van der Waals surface area contributed by atoms with E-state index >= 15 is 0 Å². The Balaban J connectivity index is 0. The third-order valence-electron chi connectivity index (χ3n) is 1.66. The van der Waals surface area contributed by atoms with Gasteiger partial charge in [0.1, 0.15) is 0 Å². The standard InChI is InChI=1S/C9H17N3O.2ClH/c1-9(2,13)6-12-5-8(3-4-10)11-7-12;;/h5,7,13H,3-4,6,10H2,1-2H3;2*1H. The molecule has 0 atom stereocenters. The SMILES string of the molecule is CC(C)(O)Cn1cnc(CCN)c1.Cl.Cl. The van der Waals surface area contributed by atoms with Gasteiger partial charge in [-0.1, -0.05) is 0 Å². The van der Waals surface area contributed by atoms with Crippen molar-refractivity contribution in [2.24, 2.45) is 5.73 Å². The van der Waals surface area contributed by atoms with Crippen LogP contribution in [0, 0.1) is 0 Å². The first kappa shape index (κ1) is 17.1. The van der Waals surface area contributed by atoms with Crippen LogP contribution in [0.25, 0.3) is 0 Å². The number of rotatable bonds is 4. The van der Waals surface area contributed by atoms with E-state index in [0.717, 1.165) is 12.1 Å². The molecule has 0 aromatic carbocycles. The number of aromatic nitrogens is 2. The number of hydrogen-bond acceptors (Lipinski definition) is 3. The first-order chi connectivity index (χ1) is 6.01. The summed E-state index contributed by atoms with van der Waals surface area (Å²) in [4.78, 5) is 4.16. The van der Waals surface area contributed by atoms with E-state index in [1.54, 1.807) is 20.2 Å². The molecular weight excluding hydrogens is 237 g/mol. The van der Waals surface area contributed by atoms with E-state index in [2.05, 4.69) is 4.98 Å². The van der Waals surface area contributed by atoms with E-state index in [-0.39, 0.29) is 24.8 Å². The van der Waals surface area contributed by atoms with Gasteiger partial charge in [-0.3, -0.25) is 0 Å². The monoisotopic (exact) mass is 255 g/mol. The third-order valence-corrected chi connectivity index (χ3v) is 1.66. The van der Waals surface area contributed by atoms with Crippen molar-refractivity contribution < 1.29 is 5.11 Å². The van der Waals surface area contributed by atoms with Crippen molar-refractivity contribution >= 4 is 24.8 Å². The molecule has 3 N–H and O–H groups in total. The van der Waals surface area contributed by atoms with E-state index in [0.29, 0.717) is 13.1 Å². The molecule has 90 valence electrons. The zero-order valence-electron chi connectivity index (χ0n) is 9.01. The van der Waals surface area contributed by atoms with Gasteiger partial charge in [0.2, 0.25) is 0 Å². The van der Waals surface area contributed by atoms with Crippen molar-refractivity contribution in [2.75, 3.05) is 6.54 Å². The minimum Gasteiger partial charge on any atom is -0.389 e. The molecule has 0 aliphatic carbocycles. The highest BCUT2D eigenvalue weighted by Crippen LogP contribution is 2.06. The van der Waals surface area contributed by atoms with Crippen LogP contribution in [0.2, 0.25) is 0 Å². The topological polar surface area (TPSA) is 64.1 Å². The highest BCUT2D eigenvalue weighted by Gasteiger charge is 2.13. The van der Waals surface area contributed by atoms with Crippen LogP contribution in [0.5, 0.6) is 0 Å². The fourth-order valence-electron chi connectivity index (χ4n) is 1.22. The predicted molar refractivity (Wildman–Crippen MR) is 65.8 cm³/mol. The lowest BCUT2D eigenvalue weighted by molar-refractivity contribution is 0.0615. The summed E-state index contributed by atoms with van der Waals surface area (Å²) >= 11 is 0. The summed E-state index contributed by atoms with van der Waals surface area (Å²) in [7, 11) is 0. The van der Waals surface area contributed by atoms with Crippen LogP contribution in [0.4, 0.5) is 0 Å². The van der Waals surface area contributed by atoms with E-state index in [1.807, 2.05) is 10.8 Å². The molecule has 0 spiro atoms. The molecule has 0 aliphatic heterocycles. The largest absolute Gasteiger partial charge is 0.389 e. The second kappa shape index (κ2) is 7.06. The lowest BCUT2D eigenvalue weighted by atomic mass is 10.1. The second-order valence-electron chi connectivity index (χ2n) is 3.89. The molecule has 0 unspecified atom stereocenters. The molecule has 4 nitrogen and oxygen atoms in total. The van der Waals surface area contributed by atoms with Gasteiger partial charge in [0.05, 0.1) is 24.2 Å². The van der Waals surface area contributed by atoms with Crippen molar-refractivity contribution in [2.45, 2.75) is 32.4 Å². The molecular formula is C9H19Cl2N3O. The molecule has 0 saturated heterocycles. The molecule has 15 heavy (non-hydrogen) atoms. The van der Waals surface area contributed by atoms with Gasteiger partial charge in [-0.05, 0) is 20.4 Å². The highest BCUT2D eigenvalue weighted by molar-refractivity contribution is 5.85. The Morgan fingerprint density at radius 2 is 2.07 bits per heavy atom. The molecule has 0 bridgehead atoms. The van der Waals surface area contributed by atoms with Crippen molar-refractivity contribution in [3.05, 3.63) is 18.2 Å². The fraction of sp³-hybridized carbons (Fsp3) is 0.667. The van der Waals surface area contributed by atoms with Gasteiger partial charge < -0.3 is 15.4 Å². The summed E-state index contributed by atoms with van der Waals surface area (Å²) in [5.74, 6) is 0. The number of nitrogens with zero attached hydrogens (tertiary/aromatic N) is 2. The van der Waals surface area contributed by atoms with Crippen LogP contribution in [-0.4, -0.2) is 26.8 Å². The van der Waals surface area contributed by atoms with Gasteiger partial charge in [0.25, 0.3) is 0 Å². The first-order valence-electron chi connectivity index (χ1n) is 4.44. The van der Waals surface area contributed by atoms with Crippen LogP contribution in [0.1, 0.15) is 19.5 Å². The molecule has 6 heteroatoms. The Morgan fingerprint density at radius 3 is 2.53 bits per heavy atom. The van der Waals surface area contributed by atoms with Crippen molar-refractivity contribution in [1.29, 1.82) is 0 Å². The van der Waals surface area contributed by atoms with Gasteiger partial charge in [-0.15, -0.1) is 24.8 Å². The maximum absolute atomic E-state index is 9.54. The van der Waals surface area contributed by atoms with Crippen molar-refractivity contribution in [1.82, 2.24) is 9.55 Å². The van der Waals surface area contributed by atoms with Crippen LogP contribution < -0.4 is 5.73 Å². The van der Waals surface area contributed by atoms with Gasteiger partial charge in [0, 0.05) is 12.6 Å². The molecule has 1 aromatic heterocycles. The van der Waals surface area contributed by atoms with E-state index in [1.165, 1.54) is 0 Å².